The Morgan fingerprint density at radius 2 is 2.05 bits per heavy atom. The molecule has 4 N–H and O–H groups in total. The van der Waals surface area contributed by atoms with E-state index in [9.17, 15) is 9.59 Å². The van der Waals surface area contributed by atoms with Crippen LogP contribution in [0.25, 0.3) is 0 Å². The summed E-state index contributed by atoms with van der Waals surface area (Å²) in [6.07, 6.45) is 1.15. The number of aryl methyl sites for hydroxylation is 1. The van der Waals surface area contributed by atoms with Gasteiger partial charge >= 0.3 is 0 Å². The van der Waals surface area contributed by atoms with Crippen molar-refractivity contribution in [2.45, 2.75) is 39.7 Å². The molecular formula is C15H23N3O2. The minimum atomic E-state index is -0.239. The molecule has 0 heterocycles. The van der Waals surface area contributed by atoms with E-state index in [1.165, 1.54) is 0 Å². The van der Waals surface area contributed by atoms with Crippen molar-refractivity contribution >= 4 is 17.5 Å². The van der Waals surface area contributed by atoms with Crippen molar-refractivity contribution in [1.29, 1.82) is 0 Å². The molecular weight excluding hydrogens is 254 g/mol. The fourth-order valence-electron chi connectivity index (χ4n) is 1.83. The molecule has 0 fully saturated rings. The highest BCUT2D eigenvalue weighted by Crippen LogP contribution is 2.15. The maximum atomic E-state index is 12.0. The van der Waals surface area contributed by atoms with E-state index in [0.717, 1.165) is 12.0 Å². The maximum absolute atomic E-state index is 12.0. The predicted molar refractivity (Wildman–Crippen MR) is 80.4 cm³/mol. The minimum Gasteiger partial charge on any atom is -0.398 e. The van der Waals surface area contributed by atoms with Gasteiger partial charge in [-0.3, -0.25) is 9.59 Å². The second kappa shape index (κ2) is 7.53. The van der Waals surface area contributed by atoms with Crippen molar-refractivity contribution in [1.82, 2.24) is 10.6 Å². The third-order valence-corrected chi connectivity index (χ3v) is 3.19. The molecule has 1 atom stereocenters. The summed E-state index contributed by atoms with van der Waals surface area (Å²) in [7, 11) is 0. The Morgan fingerprint density at radius 3 is 2.65 bits per heavy atom. The van der Waals surface area contributed by atoms with Gasteiger partial charge in [-0.25, -0.2) is 0 Å². The molecule has 1 aromatic rings. The van der Waals surface area contributed by atoms with Crippen LogP contribution in [0, 0.1) is 6.92 Å². The van der Waals surface area contributed by atoms with Gasteiger partial charge in [0.05, 0.1) is 5.56 Å². The number of carbonyl (C=O) groups is 2. The van der Waals surface area contributed by atoms with E-state index in [2.05, 4.69) is 10.6 Å². The van der Waals surface area contributed by atoms with Crippen LogP contribution in [0.4, 0.5) is 5.69 Å². The highest BCUT2D eigenvalue weighted by atomic mass is 16.2. The van der Waals surface area contributed by atoms with E-state index in [1.807, 2.05) is 26.8 Å². The number of hydrogen-bond donors (Lipinski definition) is 3. The standard InChI is InChI=1S/C15H23N3O2/c1-4-11(3)18-13(19)8-9-17-15(20)14-10(2)6-5-7-12(14)16/h5-7,11H,4,8-9,16H2,1-3H3,(H,17,20)(H,18,19). The van der Waals surface area contributed by atoms with Crippen molar-refractivity contribution in [3.8, 4) is 0 Å². The lowest BCUT2D eigenvalue weighted by Gasteiger charge is -2.12. The molecule has 0 saturated carbocycles. The van der Waals surface area contributed by atoms with Gasteiger partial charge in [-0.15, -0.1) is 0 Å². The number of rotatable bonds is 6. The van der Waals surface area contributed by atoms with E-state index < -0.39 is 0 Å². The number of anilines is 1. The summed E-state index contributed by atoms with van der Waals surface area (Å²) in [6, 6.07) is 5.49. The first-order valence-electron chi connectivity index (χ1n) is 6.88. The average molecular weight is 277 g/mol. The number of carbonyl (C=O) groups excluding carboxylic acids is 2. The van der Waals surface area contributed by atoms with Crippen LogP contribution in [-0.2, 0) is 4.79 Å². The SMILES string of the molecule is CCC(C)NC(=O)CCNC(=O)c1c(C)cccc1N. The van der Waals surface area contributed by atoms with Gasteiger partial charge in [0.1, 0.15) is 0 Å². The lowest BCUT2D eigenvalue weighted by atomic mass is 10.1. The van der Waals surface area contributed by atoms with Gasteiger partial charge in [0, 0.05) is 24.7 Å². The fraction of sp³-hybridized carbons (Fsp3) is 0.467. The van der Waals surface area contributed by atoms with Crippen LogP contribution in [0.15, 0.2) is 18.2 Å². The summed E-state index contributed by atoms with van der Waals surface area (Å²) in [5.74, 6) is -0.297. The van der Waals surface area contributed by atoms with Crippen LogP contribution < -0.4 is 16.4 Å². The lowest BCUT2D eigenvalue weighted by molar-refractivity contribution is -0.121. The van der Waals surface area contributed by atoms with Gasteiger partial charge in [-0.1, -0.05) is 19.1 Å². The monoisotopic (exact) mass is 277 g/mol. The third-order valence-electron chi connectivity index (χ3n) is 3.19. The molecule has 1 aromatic carbocycles. The molecule has 0 aliphatic carbocycles. The number of nitrogens with one attached hydrogen (secondary N) is 2. The maximum Gasteiger partial charge on any atom is 0.253 e. The van der Waals surface area contributed by atoms with Gasteiger partial charge in [0.2, 0.25) is 5.91 Å². The van der Waals surface area contributed by atoms with Gasteiger partial charge < -0.3 is 16.4 Å². The molecule has 0 spiro atoms. The van der Waals surface area contributed by atoms with Gasteiger partial charge in [-0.05, 0) is 31.9 Å². The zero-order valence-electron chi connectivity index (χ0n) is 12.3. The molecule has 1 rings (SSSR count). The first-order chi connectivity index (χ1) is 9.45. The van der Waals surface area contributed by atoms with E-state index in [-0.39, 0.29) is 24.3 Å². The van der Waals surface area contributed by atoms with Crippen LogP contribution in [0.2, 0.25) is 0 Å². The van der Waals surface area contributed by atoms with Crippen LogP contribution in [-0.4, -0.2) is 24.4 Å². The zero-order valence-corrected chi connectivity index (χ0v) is 12.3. The molecule has 110 valence electrons. The summed E-state index contributed by atoms with van der Waals surface area (Å²) in [5.41, 5.74) is 7.55. The summed E-state index contributed by atoms with van der Waals surface area (Å²) >= 11 is 0. The summed E-state index contributed by atoms with van der Waals surface area (Å²) < 4.78 is 0. The smallest absolute Gasteiger partial charge is 0.253 e. The first-order valence-corrected chi connectivity index (χ1v) is 6.88. The normalized spacial score (nSPS) is 11.8. The number of nitrogens with two attached hydrogens (primary N) is 1. The molecule has 0 aliphatic heterocycles. The molecule has 0 aromatic heterocycles. The Bertz CT molecular complexity index is 466. The third kappa shape index (κ3) is 4.57. The van der Waals surface area contributed by atoms with Gasteiger partial charge in [0.25, 0.3) is 5.91 Å². The second-order valence-corrected chi connectivity index (χ2v) is 4.92. The van der Waals surface area contributed by atoms with Crippen molar-refractivity contribution in [2.24, 2.45) is 0 Å². The second-order valence-electron chi connectivity index (χ2n) is 4.92. The quantitative estimate of drug-likeness (QED) is 0.691. The van der Waals surface area contributed by atoms with Crippen LogP contribution in [0.1, 0.15) is 42.6 Å². The predicted octanol–water partition coefficient (Wildman–Crippen LogP) is 1.61. The molecule has 20 heavy (non-hydrogen) atoms. The Hall–Kier alpha value is -2.04. The number of nitrogen functional groups attached to an aromatic ring is 1. The zero-order chi connectivity index (χ0) is 15.1. The molecule has 0 saturated heterocycles. The molecule has 5 nitrogen and oxygen atoms in total. The van der Waals surface area contributed by atoms with Gasteiger partial charge in [-0.2, -0.15) is 0 Å². The van der Waals surface area contributed by atoms with Gasteiger partial charge in [0.15, 0.2) is 0 Å². The molecule has 0 bridgehead atoms. The van der Waals surface area contributed by atoms with E-state index in [0.29, 0.717) is 17.8 Å². The van der Waals surface area contributed by atoms with Crippen molar-refractivity contribution in [2.75, 3.05) is 12.3 Å². The molecule has 1 unspecified atom stereocenters. The minimum absolute atomic E-state index is 0.0580. The van der Waals surface area contributed by atoms with E-state index in [4.69, 9.17) is 5.73 Å². The average Bonchev–Trinajstić information content (AvgIpc) is 2.38. The number of benzene rings is 1. The topological polar surface area (TPSA) is 84.2 Å². The Labute approximate surface area is 119 Å². The Morgan fingerprint density at radius 1 is 1.35 bits per heavy atom. The van der Waals surface area contributed by atoms with Crippen molar-refractivity contribution in [3.63, 3.8) is 0 Å². The Balaban J connectivity index is 2.46. The highest BCUT2D eigenvalue weighted by Gasteiger charge is 2.12. The molecule has 0 radical (unpaired) electrons. The molecule has 2 amide bonds. The Kier molecular flexibility index (Phi) is 6.03. The first kappa shape index (κ1) is 16.0. The number of hydrogen-bond acceptors (Lipinski definition) is 3. The fourth-order valence-corrected chi connectivity index (χ4v) is 1.83. The van der Waals surface area contributed by atoms with Crippen LogP contribution in [0.5, 0.6) is 0 Å². The molecule has 0 aliphatic rings. The van der Waals surface area contributed by atoms with E-state index in [1.54, 1.807) is 12.1 Å². The van der Waals surface area contributed by atoms with E-state index >= 15 is 0 Å². The summed E-state index contributed by atoms with van der Waals surface area (Å²) in [4.78, 5) is 23.6. The van der Waals surface area contributed by atoms with Crippen LogP contribution >= 0.6 is 0 Å². The summed E-state index contributed by atoms with van der Waals surface area (Å²) in [6.45, 7) is 6.09. The lowest BCUT2D eigenvalue weighted by Crippen LogP contribution is -2.35. The number of amides is 2. The van der Waals surface area contributed by atoms with Crippen LogP contribution in [0.3, 0.4) is 0 Å². The van der Waals surface area contributed by atoms with Crippen molar-refractivity contribution in [3.05, 3.63) is 29.3 Å². The summed E-state index contributed by atoms with van der Waals surface area (Å²) in [5, 5.41) is 5.57. The van der Waals surface area contributed by atoms with Crippen molar-refractivity contribution < 1.29 is 9.59 Å². The largest absolute Gasteiger partial charge is 0.398 e. The molecule has 5 heteroatoms. The highest BCUT2D eigenvalue weighted by molar-refractivity contribution is 6.00.